The van der Waals surface area contributed by atoms with Crippen molar-refractivity contribution in [2.75, 3.05) is 11.1 Å². The molecule has 0 saturated heterocycles. The molecule has 3 aromatic carbocycles. The molecule has 0 aliphatic rings. The minimum absolute atomic E-state index is 0.157. The summed E-state index contributed by atoms with van der Waals surface area (Å²) >= 11 is 0. The second kappa shape index (κ2) is 8.84. The van der Waals surface area contributed by atoms with Crippen molar-refractivity contribution in [3.63, 3.8) is 0 Å². The van der Waals surface area contributed by atoms with Gasteiger partial charge in [-0.1, -0.05) is 0 Å². The molecule has 0 aliphatic heterocycles. The second-order valence-corrected chi connectivity index (χ2v) is 9.72. The highest BCUT2D eigenvalue weighted by Gasteiger charge is 2.23. The van der Waals surface area contributed by atoms with Gasteiger partial charge in [0.05, 0.1) is 21.7 Å². The number of nitrogen functional groups attached to an aromatic ring is 1. The molecule has 1 radical (unpaired) electrons. The van der Waals surface area contributed by atoms with Gasteiger partial charge in [-0.3, -0.25) is 9.11 Å². The van der Waals surface area contributed by atoms with Crippen LogP contribution >= 0.6 is 0 Å². The van der Waals surface area contributed by atoms with Crippen molar-refractivity contribution in [3.05, 3.63) is 55.1 Å². The zero-order chi connectivity index (χ0) is 25.4. The molecule has 179 valence electrons. The van der Waals surface area contributed by atoms with Crippen LogP contribution in [0.2, 0.25) is 0 Å². The van der Waals surface area contributed by atoms with Crippen molar-refractivity contribution in [1.82, 2.24) is 15.0 Å². The van der Waals surface area contributed by atoms with Gasteiger partial charge < -0.3 is 16.2 Å². The zero-order valence-corrected chi connectivity index (χ0v) is 18.9. The van der Waals surface area contributed by atoms with Crippen molar-refractivity contribution >= 4 is 59.7 Å². The molecular formula is C19H14N7O7S2. The first-order chi connectivity index (χ1) is 16.4. The predicted molar refractivity (Wildman–Crippen MR) is 122 cm³/mol. The van der Waals surface area contributed by atoms with E-state index in [4.69, 9.17) is 5.73 Å². The van der Waals surface area contributed by atoms with Crippen LogP contribution in [0.5, 0.6) is 5.75 Å². The molecule has 0 unspecified atom stereocenters. The molecular weight excluding hydrogens is 502 g/mol. The van der Waals surface area contributed by atoms with Crippen LogP contribution in [0, 0.1) is 6.33 Å². The number of phenolic OH excluding ortho intramolecular Hbond substituents is 1. The van der Waals surface area contributed by atoms with Gasteiger partial charge in [0.2, 0.25) is 12.3 Å². The number of nitrogens with zero attached hydrogens (tertiary/aromatic N) is 5. The van der Waals surface area contributed by atoms with Crippen molar-refractivity contribution < 1.29 is 31.0 Å². The normalized spacial score (nSPS) is 12.3. The summed E-state index contributed by atoms with van der Waals surface area (Å²) in [5.41, 5.74) is 5.89. The smallest absolute Gasteiger partial charge is 0.296 e. The molecule has 4 aromatic rings. The maximum absolute atomic E-state index is 11.8. The second-order valence-electron chi connectivity index (χ2n) is 6.91. The number of hydrogen-bond acceptors (Lipinski definition) is 12. The SMILES string of the molecule is Nc1c(S(=O)(=O)O)cc2cc(S(=O)(=O)O)cc(O)c2c1N=Nc1ccc(Nc2n[c]ncn2)cc1. The van der Waals surface area contributed by atoms with Gasteiger partial charge in [-0.2, -0.15) is 26.9 Å². The van der Waals surface area contributed by atoms with E-state index in [0.717, 1.165) is 18.2 Å². The quantitative estimate of drug-likeness (QED) is 0.141. The molecule has 0 fully saturated rings. The number of nitrogens with two attached hydrogens (primary N) is 1. The molecule has 0 saturated carbocycles. The number of phenols is 1. The number of hydrogen-bond donors (Lipinski definition) is 5. The molecule has 4 rings (SSSR count). The summed E-state index contributed by atoms with van der Waals surface area (Å²) in [6.07, 6.45) is 3.65. The van der Waals surface area contributed by atoms with Crippen LogP contribution in [0.4, 0.5) is 28.7 Å². The van der Waals surface area contributed by atoms with E-state index in [1.807, 2.05) is 0 Å². The highest BCUT2D eigenvalue weighted by Crippen LogP contribution is 2.43. The fraction of sp³-hybridized carbons (Fsp3) is 0. The topological polar surface area (TPSA) is 230 Å². The van der Waals surface area contributed by atoms with Gasteiger partial charge >= 0.3 is 0 Å². The summed E-state index contributed by atoms with van der Waals surface area (Å²) in [6, 6.07) is 8.77. The summed E-state index contributed by atoms with van der Waals surface area (Å²) < 4.78 is 65.5. The Kier molecular flexibility index (Phi) is 6.03. The molecule has 0 amide bonds. The lowest BCUT2D eigenvalue weighted by atomic mass is 10.1. The van der Waals surface area contributed by atoms with E-state index < -0.39 is 41.5 Å². The van der Waals surface area contributed by atoms with Gasteiger partial charge in [0.25, 0.3) is 20.2 Å². The van der Waals surface area contributed by atoms with E-state index in [-0.39, 0.29) is 28.1 Å². The third kappa shape index (κ3) is 5.14. The Bertz CT molecular complexity index is 1680. The van der Waals surface area contributed by atoms with Gasteiger partial charge in [0.1, 0.15) is 22.7 Å². The highest BCUT2D eigenvalue weighted by atomic mass is 32.2. The first-order valence-electron chi connectivity index (χ1n) is 9.31. The maximum atomic E-state index is 11.8. The fourth-order valence-electron chi connectivity index (χ4n) is 3.05. The molecule has 0 aliphatic carbocycles. The number of aromatic hydroxyl groups is 1. The Morgan fingerprint density at radius 1 is 0.971 bits per heavy atom. The van der Waals surface area contributed by atoms with Crippen molar-refractivity contribution in [2.45, 2.75) is 9.79 Å². The lowest BCUT2D eigenvalue weighted by molar-refractivity contribution is 0.471. The molecule has 6 N–H and O–H groups in total. The average Bonchev–Trinajstić information content (AvgIpc) is 2.78. The van der Waals surface area contributed by atoms with E-state index in [1.54, 1.807) is 12.1 Å². The summed E-state index contributed by atoms with van der Waals surface area (Å²) in [6.45, 7) is 0. The first-order valence-corrected chi connectivity index (χ1v) is 12.2. The number of aromatic nitrogens is 3. The first kappa shape index (κ1) is 23.9. The Hall–Kier alpha value is -4.25. The van der Waals surface area contributed by atoms with Crippen LogP contribution < -0.4 is 11.1 Å². The molecule has 1 aromatic heterocycles. The third-order valence-corrected chi connectivity index (χ3v) is 6.31. The number of fused-ring (bicyclic) bond motifs is 1. The molecule has 0 bridgehead atoms. The summed E-state index contributed by atoms with van der Waals surface area (Å²) in [5.74, 6) is -0.415. The highest BCUT2D eigenvalue weighted by molar-refractivity contribution is 7.86. The zero-order valence-electron chi connectivity index (χ0n) is 17.2. The average molecular weight is 516 g/mol. The van der Waals surface area contributed by atoms with Crippen molar-refractivity contribution in [2.24, 2.45) is 10.2 Å². The van der Waals surface area contributed by atoms with Gasteiger partial charge in [-0.25, -0.2) is 9.97 Å². The van der Waals surface area contributed by atoms with Crippen LogP contribution in [0.25, 0.3) is 10.8 Å². The number of rotatable bonds is 6. The third-order valence-electron chi connectivity index (χ3n) is 4.58. The van der Waals surface area contributed by atoms with Crippen LogP contribution in [-0.2, 0) is 20.2 Å². The number of anilines is 3. The molecule has 14 nitrogen and oxygen atoms in total. The van der Waals surface area contributed by atoms with Gasteiger partial charge in [-0.15, -0.1) is 5.11 Å². The summed E-state index contributed by atoms with van der Waals surface area (Å²) in [5, 5.41) is 20.9. The van der Waals surface area contributed by atoms with E-state index in [0.29, 0.717) is 5.69 Å². The standard InChI is InChI=1S/C19H14N7O7S2/c20-17-15(35(31,32)33)6-10-5-13(34(28,29)30)7-14(27)16(10)18(17)26-25-12-3-1-11(2-4-12)24-19-22-8-21-9-23-19/h1-8,27H,20H2,(H,28,29,30)(H,31,32,33)(H,21,22,23,24). The van der Waals surface area contributed by atoms with Gasteiger partial charge in [0.15, 0.2) is 0 Å². The lowest BCUT2D eigenvalue weighted by Crippen LogP contribution is -2.04. The van der Waals surface area contributed by atoms with Crippen LogP contribution in [-0.4, -0.2) is 46.0 Å². The lowest BCUT2D eigenvalue weighted by Gasteiger charge is -2.12. The van der Waals surface area contributed by atoms with E-state index in [2.05, 4.69) is 36.8 Å². The Morgan fingerprint density at radius 3 is 2.29 bits per heavy atom. The summed E-state index contributed by atoms with van der Waals surface area (Å²) in [7, 11) is -9.62. The maximum Gasteiger partial charge on any atom is 0.296 e. The Balaban J connectivity index is 1.79. The number of benzene rings is 3. The Labute approximate surface area is 197 Å². The fourth-order valence-corrected chi connectivity index (χ4v) is 4.24. The van der Waals surface area contributed by atoms with E-state index in [1.165, 1.54) is 18.5 Å². The Morgan fingerprint density at radius 2 is 1.69 bits per heavy atom. The summed E-state index contributed by atoms with van der Waals surface area (Å²) in [4.78, 5) is 9.79. The molecule has 16 heteroatoms. The number of nitrogens with one attached hydrogen (secondary N) is 1. The number of azo groups is 1. The van der Waals surface area contributed by atoms with Crippen LogP contribution in [0.15, 0.2) is 68.8 Å². The van der Waals surface area contributed by atoms with Gasteiger partial charge in [0, 0.05) is 11.8 Å². The van der Waals surface area contributed by atoms with Gasteiger partial charge in [-0.05, 0) is 41.8 Å². The van der Waals surface area contributed by atoms with E-state index >= 15 is 0 Å². The largest absolute Gasteiger partial charge is 0.507 e. The molecule has 0 spiro atoms. The van der Waals surface area contributed by atoms with Crippen LogP contribution in [0.3, 0.4) is 0 Å². The minimum Gasteiger partial charge on any atom is -0.507 e. The molecule has 0 atom stereocenters. The van der Waals surface area contributed by atoms with Crippen molar-refractivity contribution in [1.29, 1.82) is 0 Å². The molecule has 35 heavy (non-hydrogen) atoms. The van der Waals surface area contributed by atoms with Crippen LogP contribution in [0.1, 0.15) is 0 Å². The van der Waals surface area contributed by atoms with Crippen molar-refractivity contribution in [3.8, 4) is 5.75 Å². The predicted octanol–water partition coefficient (Wildman–Crippen LogP) is 2.77. The molecule has 1 heterocycles. The minimum atomic E-state index is -4.87. The van der Waals surface area contributed by atoms with E-state index in [9.17, 15) is 31.0 Å². The monoisotopic (exact) mass is 516 g/mol.